The van der Waals surface area contributed by atoms with Crippen molar-refractivity contribution in [2.45, 2.75) is 19.6 Å². The number of nitrogens with zero attached hydrogens (tertiary/aromatic N) is 1. The highest BCUT2D eigenvalue weighted by atomic mass is 16.6. The van der Waals surface area contributed by atoms with Crippen LogP contribution < -0.4 is 0 Å². The molecular weight excluding hydrogens is 338 g/mol. The summed E-state index contributed by atoms with van der Waals surface area (Å²) in [5, 5.41) is 8.81. The summed E-state index contributed by atoms with van der Waals surface area (Å²) in [5.41, 5.74) is 1.49. The van der Waals surface area contributed by atoms with Crippen LogP contribution in [0.15, 0.2) is 60.7 Å². The molecule has 0 atom stereocenters. The Hall–Kier alpha value is -3.35. The van der Waals surface area contributed by atoms with Crippen molar-refractivity contribution in [1.82, 2.24) is 4.90 Å². The van der Waals surface area contributed by atoms with Crippen LogP contribution in [0.4, 0.5) is 9.59 Å². The highest BCUT2D eigenvalue weighted by Gasteiger charge is 2.25. The Kier molecular flexibility index (Phi) is 7.17. The second-order valence-corrected chi connectivity index (χ2v) is 5.38. The molecule has 0 heterocycles. The van der Waals surface area contributed by atoms with Crippen LogP contribution in [-0.2, 0) is 27.5 Å². The van der Waals surface area contributed by atoms with Gasteiger partial charge in [-0.25, -0.2) is 14.5 Å². The molecule has 7 nitrogen and oxygen atoms in total. The fraction of sp³-hybridized carbons (Fsp3) is 0.211. The molecule has 0 aliphatic carbocycles. The van der Waals surface area contributed by atoms with Gasteiger partial charge in [0.1, 0.15) is 13.2 Å². The zero-order valence-corrected chi connectivity index (χ0v) is 14.0. The zero-order valence-electron chi connectivity index (χ0n) is 14.0. The summed E-state index contributed by atoms with van der Waals surface area (Å²) in [5.74, 6) is -1.14. The minimum Gasteiger partial charge on any atom is -0.481 e. The van der Waals surface area contributed by atoms with E-state index in [1.54, 1.807) is 48.5 Å². The van der Waals surface area contributed by atoms with Crippen LogP contribution in [0.5, 0.6) is 0 Å². The molecule has 0 spiro atoms. The summed E-state index contributed by atoms with van der Waals surface area (Å²) in [6.07, 6.45) is -2.30. The SMILES string of the molecule is O=C(O)CCN(C(=O)OCc1ccccc1)C(=O)OCc1ccccc1. The van der Waals surface area contributed by atoms with Crippen molar-refractivity contribution in [1.29, 1.82) is 0 Å². The molecule has 0 saturated carbocycles. The normalized spacial score (nSPS) is 10.0. The van der Waals surface area contributed by atoms with Crippen molar-refractivity contribution in [3.63, 3.8) is 0 Å². The van der Waals surface area contributed by atoms with Gasteiger partial charge in [-0.05, 0) is 11.1 Å². The molecule has 2 rings (SSSR count). The average Bonchev–Trinajstić information content (AvgIpc) is 2.66. The van der Waals surface area contributed by atoms with E-state index in [1.807, 2.05) is 12.1 Å². The summed E-state index contributed by atoms with van der Waals surface area (Å²) in [4.78, 5) is 35.8. The van der Waals surface area contributed by atoms with E-state index < -0.39 is 24.6 Å². The number of amides is 2. The maximum absolute atomic E-state index is 12.2. The average molecular weight is 357 g/mol. The lowest BCUT2D eigenvalue weighted by Crippen LogP contribution is -2.39. The molecule has 136 valence electrons. The highest BCUT2D eigenvalue weighted by molar-refractivity contribution is 5.88. The van der Waals surface area contributed by atoms with Crippen LogP contribution in [0.3, 0.4) is 0 Å². The minimum atomic E-state index is -1.14. The first-order valence-electron chi connectivity index (χ1n) is 7.97. The number of imide groups is 1. The number of carboxylic acids is 1. The largest absolute Gasteiger partial charge is 0.481 e. The number of hydrogen-bond donors (Lipinski definition) is 1. The third kappa shape index (κ3) is 6.27. The Morgan fingerprint density at radius 2 is 1.19 bits per heavy atom. The van der Waals surface area contributed by atoms with Crippen molar-refractivity contribution < 1.29 is 29.0 Å². The quantitative estimate of drug-likeness (QED) is 0.816. The monoisotopic (exact) mass is 357 g/mol. The van der Waals surface area contributed by atoms with Gasteiger partial charge in [-0.3, -0.25) is 4.79 Å². The van der Waals surface area contributed by atoms with E-state index in [0.29, 0.717) is 4.90 Å². The molecule has 2 aromatic rings. The highest BCUT2D eigenvalue weighted by Crippen LogP contribution is 2.08. The Balaban J connectivity index is 1.95. The molecule has 0 aliphatic heterocycles. The molecule has 2 amide bonds. The molecule has 0 saturated heterocycles. The molecular formula is C19H19NO6. The van der Waals surface area contributed by atoms with Crippen LogP contribution in [0.2, 0.25) is 0 Å². The van der Waals surface area contributed by atoms with Gasteiger partial charge in [-0.2, -0.15) is 0 Å². The lowest BCUT2D eigenvalue weighted by atomic mass is 10.2. The van der Waals surface area contributed by atoms with Crippen molar-refractivity contribution in [2.75, 3.05) is 6.54 Å². The first-order valence-corrected chi connectivity index (χ1v) is 7.97. The molecule has 0 aliphatic rings. The van der Waals surface area contributed by atoms with E-state index in [2.05, 4.69) is 0 Å². The topological polar surface area (TPSA) is 93.1 Å². The minimum absolute atomic E-state index is 0.0325. The smallest absolute Gasteiger partial charge is 0.419 e. The van der Waals surface area contributed by atoms with Gasteiger partial charge in [0.05, 0.1) is 6.42 Å². The first-order chi connectivity index (χ1) is 12.6. The van der Waals surface area contributed by atoms with E-state index in [-0.39, 0.29) is 19.8 Å². The summed E-state index contributed by atoms with van der Waals surface area (Å²) in [7, 11) is 0. The summed E-state index contributed by atoms with van der Waals surface area (Å²) < 4.78 is 10.2. The Morgan fingerprint density at radius 3 is 1.58 bits per heavy atom. The molecule has 1 N–H and O–H groups in total. The molecule has 7 heteroatoms. The van der Waals surface area contributed by atoms with E-state index in [0.717, 1.165) is 11.1 Å². The Labute approximate surface area is 150 Å². The van der Waals surface area contributed by atoms with Crippen molar-refractivity contribution >= 4 is 18.2 Å². The predicted molar refractivity (Wildman–Crippen MR) is 92.2 cm³/mol. The maximum atomic E-state index is 12.2. The van der Waals surface area contributed by atoms with Crippen LogP contribution >= 0.6 is 0 Å². The molecule has 0 bridgehead atoms. The zero-order chi connectivity index (χ0) is 18.8. The van der Waals surface area contributed by atoms with Crippen LogP contribution in [0.25, 0.3) is 0 Å². The molecule has 0 aromatic heterocycles. The first kappa shape index (κ1) is 19.0. The third-order valence-corrected chi connectivity index (χ3v) is 3.40. The molecule has 0 fully saturated rings. The number of ether oxygens (including phenoxy) is 2. The number of carbonyl (C=O) groups excluding carboxylic acids is 2. The second kappa shape index (κ2) is 9.83. The maximum Gasteiger partial charge on any atom is 0.419 e. The van der Waals surface area contributed by atoms with E-state index in [4.69, 9.17) is 14.6 Å². The van der Waals surface area contributed by atoms with Crippen LogP contribution in [0.1, 0.15) is 17.5 Å². The second-order valence-electron chi connectivity index (χ2n) is 5.38. The van der Waals surface area contributed by atoms with Crippen molar-refractivity contribution in [3.05, 3.63) is 71.8 Å². The number of carbonyl (C=O) groups is 3. The summed E-state index contributed by atoms with van der Waals surface area (Å²) in [6, 6.07) is 17.9. The Bertz CT molecular complexity index is 677. The van der Waals surface area contributed by atoms with E-state index in [9.17, 15) is 14.4 Å². The third-order valence-electron chi connectivity index (χ3n) is 3.40. The van der Waals surface area contributed by atoms with Gasteiger partial charge in [-0.1, -0.05) is 60.7 Å². The van der Waals surface area contributed by atoms with Crippen molar-refractivity contribution in [3.8, 4) is 0 Å². The Morgan fingerprint density at radius 1 is 0.769 bits per heavy atom. The number of aliphatic carboxylic acids is 1. The van der Waals surface area contributed by atoms with Gasteiger partial charge in [0.25, 0.3) is 0 Å². The van der Waals surface area contributed by atoms with Gasteiger partial charge in [-0.15, -0.1) is 0 Å². The number of benzene rings is 2. The molecule has 0 radical (unpaired) electrons. The predicted octanol–water partition coefficient (Wildman–Crippen LogP) is 3.44. The van der Waals surface area contributed by atoms with Gasteiger partial charge < -0.3 is 14.6 Å². The summed E-state index contributed by atoms with van der Waals surface area (Å²) >= 11 is 0. The number of rotatable bonds is 7. The van der Waals surface area contributed by atoms with E-state index >= 15 is 0 Å². The molecule has 26 heavy (non-hydrogen) atoms. The molecule has 0 unspecified atom stereocenters. The number of hydrogen-bond acceptors (Lipinski definition) is 5. The van der Waals surface area contributed by atoms with Crippen LogP contribution in [0, 0.1) is 0 Å². The van der Waals surface area contributed by atoms with Crippen LogP contribution in [-0.4, -0.2) is 34.7 Å². The van der Waals surface area contributed by atoms with Gasteiger partial charge in [0.2, 0.25) is 0 Å². The standard InChI is InChI=1S/C19H19NO6/c21-17(22)11-12-20(18(23)25-13-15-7-3-1-4-8-15)19(24)26-14-16-9-5-2-6-10-16/h1-10H,11-14H2,(H,21,22). The fourth-order valence-corrected chi connectivity index (χ4v) is 2.06. The lowest BCUT2D eigenvalue weighted by Gasteiger charge is -2.19. The van der Waals surface area contributed by atoms with E-state index in [1.165, 1.54) is 0 Å². The number of carboxylic acid groups (broad SMARTS) is 1. The van der Waals surface area contributed by atoms with Crippen molar-refractivity contribution in [2.24, 2.45) is 0 Å². The fourth-order valence-electron chi connectivity index (χ4n) is 2.06. The van der Waals surface area contributed by atoms with Gasteiger partial charge >= 0.3 is 18.2 Å². The lowest BCUT2D eigenvalue weighted by molar-refractivity contribution is -0.137. The molecule has 2 aromatic carbocycles. The summed E-state index contributed by atoms with van der Waals surface area (Å²) in [6.45, 7) is -0.402. The van der Waals surface area contributed by atoms with Gasteiger partial charge in [0.15, 0.2) is 0 Å². The van der Waals surface area contributed by atoms with Gasteiger partial charge in [0, 0.05) is 6.54 Å².